The van der Waals surface area contributed by atoms with Crippen molar-refractivity contribution in [1.82, 2.24) is 0 Å². The van der Waals surface area contributed by atoms with Crippen LogP contribution in [-0.4, -0.2) is 25.0 Å². The van der Waals surface area contributed by atoms with E-state index in [9.17, 15) is 9.59 Å². The van der Waals surface area contributed by atoms with Crippen LogP contribution < -0.4 is 4.90 Å². The molecule has 1 aliphatic rings. The summed E-state index contributed by atoms with van der Waals surface area (Å²) in [6.45, 7) is 1.53. The lowest BCUT2D eigenvalue weighted by atomic mass is 9.94. The molecule has 0 N–H and O–H groups in total. The maximum Gasteiger partial charge on any atom is 0.414 e. The highest BCUT2D eigenvalue weighted by molar-refractivity contribution is 5.96. The van der Waals surface area contributed by atoms with Crippen molar-refractivity contribution in [3.8, 4) is 0 Å². The van der Waals surface area contributed by atoms with Crippen molar-refractivity contribution >= 4 is 17.6 Å². The van der Waals surface area contributed by atoms with E-state index in [-0.39, 0.29) is 17.9 Å². The van der Waals surface area contributed by atoms with Crippen molar-refractivity contribution in [3.05, 3.63) is 29.8 Å². The van der Waals surface area contributed by atoms with Crippen molar-refractivity contribution in [2.75, 3.05) is 12.0 Å². The molecular weight excluding hydrogens is 254 g/mol. The molecular formula is C16H21NO3. The molecule has 0 spiro atoms. The van der Waals surface area contributed by atoms with Crippen LogP contribution in [0.15, 0.2) is 24.3 Å². The highest BCUT2D eigenvalue weighted by Gasteiger charge is 2.27. The molecule has 20 heavy (non-hydrogen) atoms. The third-order valence-corrected chi connectivity index (χ3v) is 3.84. The number of benzene rings is 1. The molecule has 0 heterocycles. The smallest absolute Gasteiger partial charge is 0.414 e. The van der Waals surface area contributed by atoms with Crippen LogP contribution in [0, 0.1) is 0 Å². The number of carbonyl (C=O) groups is 2. The van der Waals surface area contributed by atoms with Crippen molar-refractivity contribution < 1.29 is 14.3 Å². The van der Waals surface area contributed by atoms with Crippen LogP contribution in [0.25, 0.3) is 0 Å². The van der Waals surface area contributed by atoms with E-state index in [4.69, 9.17) is 4.74 Å². The molecule has 1 aliphatic carbocycles. The summed E-state index contributed by atoms with van der Waals surface area (Å²) in [6.07, 6.45) is 5.10. The summed E-state index contributed by atoms with van der Waals surface area (Å²) >= 11 is 0. The van der Waals surface area contributed by atoms with Crippen LogP contribution >= 0.6 is 0 Å². The monoisotopic (exact) mass is 275 g/mol. The number of carbonyl (C=O) groups excluding carboxylic acids is 2. The van der Waals surface area contributed by atoms with Gasteiger partial charge in [-0.15, -0.1) is 0 Å². The molecule has 4 heteroatoms. The second-order valence-electron chi connectivity index (χ2n) is 5.24. The van der Waals surface area contributed by atoms with E-state index < -0.39 is 0 Å². The van der Waals surface area contributed by atoms with Gasteiger partial charge in [0.2, 0.25) is 0 Å². The molecule has 0 saturated heterocycles. The summed E-state index contributed by atoms with van der Waals surface area (Å²) in [4.78, 5) is 25.3. The van der Waals surface area contributed by atoms with Gasteiger partial charge in [-0.05, 0) is 31.9 Å². The number of anilines is 1. The normalized spacial score (nSPS) is 15.7. The average molecular weight is 275 g/mol. The molecule has 1 saturated carbocycles. The number of methoxy groups -OCH3 is 1. The van der Waals surface area contributed by atoms with E-state index in [0.717, 1.165) is 31.4 Å². The Morgan fingerprint density at radius 3 is 2.50 bits per heavy atom. The fourth-order valence-electron chi connectivity index (χ4n) is 2.78. The second-order valence-corrected chi connectivity index (χ2v) is 5.24. The molecule has 1 fully saturated rings. The molecule has 0 aliphatic heterocycles. The Hall–Kier alpha value is -1.84. The van der Waals surface area contributed by atoms with Crippen LogP contribution in [0.1, 0.15) is 49.4 Å². The zero-order valence-electron chi connectivity index (χ0n) is 12.1. The van der Waals surface area contributed by atoms with Gasteiger partial charge >= 0.3 is 6.09 Å². The highest BCUT2D eigenvalue weighted by Crippen LogP contribution is 2.28. The Morgan fingerprint density at radius 2 is 1.90 bits per heavy atom. The first kappa shape index (κ1) is 14.6. The molecule has 1 aromatic carbocycles. The third-order valence-electron chi connectivity index (χ3n) is 3.84. The molecule has 1 amide bonds. The van der Waals surface area contributed by atoms with E-state index in [2.05, 4.69) is 0 Å². The van der Waals surface area contributed by atoms with Gasteiger partial charge in [0, 0.05) is 17.3 Å². The van der Waals surface area contributed by atoms with Crippen LogP contribution in [0.4, 0.5) is 10.5 Å². The van der Waals surface area contributed by atoms with E-state index >= 15 is 0 Å². The quantitative estimate of drug-likeness (QED) is 0.788. The van der Waals surface area contributed by atoms with Gasteiger partial charge in [-0.25, -0.2) is 4.79 Å². The SMILES string of the molecule is COC(=O)N(c1cccc(C(C)=O)c1)C1CCCCC1. The first-order valence-corrected chi connectivity index (χ1v) is 7.11. The Balaban J connectivity index is 2.32. The first-order chi connectivity index (χ1) is 9.63. The average Bonchev–Trinajstić information content (AvgIpc) is 2.48. The number of ether oxygens (including phenoxy) is 1. The summed E-state index contributed by atoms with van der Waals surface area (Å²) in [7, 11) is 1.40. The van der Waals surface area contributed by atoms with E-state index in [0.29, 0.717) is 5.56 Å². The fraction of sp³-hybridized carbons (Fsp3) is 0.500. The van der Waals surface area contributed by atoms with E-state index in [1.54, 1.807) is 17.0 Å². The van der Waals surface area contributed by atoms with Gasteiger partial charge < -0.3 is 4.74 Å². The highest BCUT2D eigenvalue weighted by atomic mass is 16.5. The van der Waals surface area contributed by atoms with E-state index in [1.165, 1.54) is 20.5 Å². The minimum absolute atomic E-state index is 0.000287. The fourth-order valence-corrected chi connectivity index (χ4v) is 2.78. The molecule has 0 radical (unpaired) electrons. The zero-order valence-corrected chi connectivity index (χ0v) is 12.1. The van der Waals surface area contributed by atoms with Crippen LogP contribution in [0.5, 0.6) is 0 Å². The number of hydrogen-bond acceptors (Lipinski definition) is 3. The van der Waals surface area contributed by atoms with Crippen molar-refractivity contribution in [3.63, 3.8) is 0 Å². The molecule has 4 nitrogen and oxygen atoms in total. The second kappa shape index (κ2) is 6.55. The number of amides is 1. The predicted molar refractivity (Wildman–Crippen MR) is 78.2 cm³/mol. The summed E-state index contributed by atoms with van der Waals surface area (Å²) in [5, 5.41) is 0. The van der Waals surface area contributed by atoms with Crippen molar-refractivity contribution in [2.24, 2.45) is 0 Å². The third kappa shape index (κ3) is 3.18. The van der Waals surface area contributed by atoms with Gasteiger partial charge in [-0.2, -0.15) is 0 Å². The van der Waals surface area contributed by atoms with Crippen LogP contribution in [0.2, 0.25) is 0 Å². The lowest BCUT2D eigenvalue weighted by Gasteiger charge is -2.33. The van der Waals surface area contributed by atoms with Gasteiger partial charge in [0.05, 0.1) is 7.11 Å². The summed E-state index contributed by atoms with van der Waals surface area (Å²) in [6, 6.07) is 7.37. The van der Waals surface area contributed by atoms with Gasteiger partial charge in [0.1, 0.15) is 0 Å². The maximum atomic E-state index is 12.1. The van der Waals surface area contributed by atoms with Gasteiger partial charge in [-0.3, -0.25) is 9.69 Å². The van der Waals surface area contributed by atoms with Crippen molar-refractivity contribution in [2.45, 2.75) is 45.1 Å². The number of hydrogen-bond donors (Lipinski definition) is 0. The minimum atomic E-state index is -0.349. The molecule has 0 aromatic heterocycles. The van der Waals surface area contributed by atoms with Crippen LogP contribution in [0.3, 0.4) is 0 Å². The maximum absolute atomic E-state index is 12.1. The largest absolute Gasteiger partial charge is 0.452 e. The minimum Gasteiger partial charge on any atom is -0.452 e. The summed E-state index contributed by atoms with van der Waals surface area (Å²) < 4.78 is 4.92. The number of nitrogens with zero attached hydrogens (tertiary/aromatic N) is 1. The topological polar surface area (TPSA) is 46.6 Å². The molecule has 0 bridgehead atoms. The summed E-state index contributed by atoms with van der Waals surface area (Å²) in [5.41, 5.74) is 1.36. The number of ketones is 1. The lowest BCUT2D eigenvalue weighted by molar-refractivity contribution is 0.101. The zero-order chi connectivity index (χ0) is 14.5. The Morgan fingerprint density at radius 1 is 1.20 bits per heavy atom. The predicted octanol–water partition coefficient (Wildman–Crippen LogP) is 3.79. The van der Waals surface area contributed by atoms with Crippen LogP contribution in [-0.2, 0) is 4.74 Å². The molecule has 0 atom stereocenters. The first-order valence-electron chi connectivity index (χ1n) is 7.11. The van der Waals surface area contributed by atoms with Crippen molar-refractivity contribution in [1.29, 1.82) is 0 Å². The van der Waals surface area contributed by atoms with Gasteiger partial charge in [0.25, 0.3) is 0 Å². The van der Waals surface area contributed by atoms with Gasteiger partial charge in [-0.1, -0.05) is 31.4 Å². The Bertz CT molecular complexity index is 492. The Kier molecular flexibility index (Phi) is 4.77. The molecule has 108 valence electrons. The number of rotatable bonds is 3. The molecule has 0 unspecified atom stereocenters. The number of Topliss-reactive ketones (excluding diaryl/α,β-unsaturated/α-hetero) is 1. The lowest BCUT2D eigenvalue weighted by Crippen LogP contribution is -2.41. The summed E-state index contributed by atoms with van der Waals surface area (Å²) in [5.74, 6) is 0.000287. The Labute approximate surface area is 119 Å². The molecule has 1 aromatic rings. The van der Waals surface area contributed by atoms with Gasteiger partial charge in [0.15, 0.2) is 5.78 Å². The molecule has 2 rings (SSSR count). The standard InChI is InChI=1S/C16H21NO3/c1-12(18)13-7-6-10-15(11-13)17(16(19)20-2)14-8-4-3-5-9-14/h6-7,10-11,14H,3-5,8-9H2,1-2H3. The van der Waals surface area contributed by atoms with E-state index in [1.807, 2.05) is 12.1 Å².